The highest BCUT2D eigenvalue weighted by Gasteiger charge is 2.32. The predicted molar refractivity (Wildman–Crippen MR) is 69.7 cm³/mol. The second-order valence-electron chi connectivity index (χ2n) is 4.48. The summed E-state index contributed by atoms with van der Waals surface area (Å²) in [5, 5.41) is 9.65. The molecule has 5 heteroatoms. The molecule has 0 aliphatic heterocycles. The molecule has 0 saturated carbocycles. The lowest BCUT2D eigenvalue weighted by Gasteiger charge is -2.13. The highest BCUT2D eigenvalue weighted by molar-refractivity contribution is 5.71. The highest BCUT2D eigenvalue weighted by Crippen LogP contribution is 2.36. The van der Waals surface area contributed by atoms with Crippen molar-refractivity contribution in [1.82, 2.24) is 0 Å². The van der Waals surface area contributed by atoms with Crippen LogP contribution in [0.4, 0.5) is 13.2 Å². The average molecular weight is 282 g/mol. The molecule has 0 radical (unpaired) electrons. The number of aryl methyl sites for hydroxylation is 1. The van der Waals surface area contributed by atoms with E-state index in [1.165, 1.54) is 12.1 Å². The first kappa shape index (κ1) is 14.2. The molecule has 2 aromatic rings. The number of hydrogen-bond acceptors (Lipinski definition) is 2. The van der Waals surface area contributed by atoms with Crippen molar-refractivity contribution in [3.05, 3.63) is 47.5 Å². The first-order valence-corrected chi connectivity index (χ1v) is 5.93. The van der Waals surface area contributed by atoms with Gasteiger partial charge in [-0.05, 0) is 48.2 Å². The van der Waals surface area contributed by atoms with E-state index in [0.29, 0.717) is 5.56 Å². The van der Waals surface area contributed by atoms with E-state index in [-0.39, 0.29) is 0 Å². The maximum absolute atomic E-state index is 12.1. The molecular formula is C15H13F3O2. The first-order valence-electron chi connectivity index (χ1n) is 5.93. The Hall–Kier alpha value is -2.17. The molecule has 0 fully saturated rings. The molecular weight excluding hydrogens is 269 g/mol. The number of hydrogen-bond donors (Lipinski definition) is 1. The molecule has 2 aromatic carbocycles. The van der Waals surface area contributed by atoms with E-state index in [9.17, 15) is 18.3 Å². The number of benzene rings is 2. The molecule has 0 amide bonds. The fraction of sp³-hybridized carbons (Fsp3) is 0.200. The Morgan fingerprint density at radius 1 is 1.05 bits per heavy atom. The average Bonchev–Trinajstić information content (AvgIpc) is 2.34. The molecule has 0 atom stereocenters. The van der Waals surface area contributed by atoms with Crippen LogP contribution >= 0.6 is 0 Å². The van der Waals surface area contributed by atoms with Crippen LogP contribution in [0, 0.1) is 13.8 Å². The molecule has 0 spiro atoms. The van der Waals surface area contributed by atoms with Gasteiger partial charge < -0.3 is 9.84 Å². The van der Waals surface area contributed by atoms with E-state index in [4.69, 9.17) is 0 Å². The van der Waals surface area contributed by atoms with E-state index in [1.807, 2.05) is 32.0 Å². The number of phenolic OH excluding ortho intramolecular Hbond substituents is 1. The zero-order valence-electron chi connectivity index (χ0n) is 11.0. The van der Waals surface area contributed by atoms with E-state index < -0.39 is 17.9 Å². The third kappa shape index (κ3) is 3.04. The Labute approximate surface area is 114 Å². The molecule has 0 saturated heterocycles. The fourth-order valence-corrected chi connectivity index (χ4v) is 1.96. The Balaban J connectivity index is 2.41. The van der Waals surface area contributed by atoms with Crippen molar-refractivity contribution in [1.29, 1.82) is 0 Å². The summed E-state index contributed by atoms with van der Waals surface area (Å²) in [6, 6.07) is 9.52. The summed E-state index contributed by atoms with van der Waals surface area (Å²) in [7, 11) is 0. The number of phenols is 1. The van der Waals surface area contributed by atoms with Crippen molar-refractivity contribution in [2.45, 2.75) is 20.2 Å². The molecule has 0 heterocycles. The molecule has 0 aliphatic rings. The summed E-state index contributed by atoms with van der Waals surface area (Å²) in [6.07, 6.45) is -4.82. The third-order valence-corrected chi connectivity index (χ3v) is 3.10. The van der Waals surface area contributed by atoms with E-state index in [1.54, 1.807) is 0 Å². The Morgan fingerprint density at radius 3 is 2.35 bits per heavy atom. The molecule has 2 rings (SSSR count). The van der Waals surface area contributed by atoms with Gasteiger partial charge in [0.15, 0.2) is 11.5 Å². The van der Waals surface area contributed by atoms with E-state index in [2.05, 4.69) is 4.74 Å². The zero-order valence-corrected chi connectivity index (χ0v) is 11.0. The molecule has 106 valence electrons. The second kappa shape index (κ2) is 5.07. The highest BCUT2D eigenvalue weighted by atomic mass is 19.4. The molecule has 2 nitrogen and oxygen atoms in total. The molecule has 1 N–H and O–H groups in total. The van der Waals surface area contributed by atoms with Gasteiger partial charge >= 0.3 is 6.36 Å². The summed E-state index contributed by atoms with van der Waals surface area (Å²) in [5.41, 5.74) is 3.58. The van der Waals surface area contributed by atoms with Crippen LogP contribution in [0.25, 0.3) is 11.1 Å². The van der Waals surface area contributed by atoms with Crippen molar-refractivity contribution < 1.29 is 23.0 Å². The molecule has 0 aliphatic carbocycles. The molecule has 20 heavy (non-hydrogen) atoms. The molecule has 0 aromatic heterocycles. The van der Waals surface area contributed by atoms with Gasteiger partial charge in [-0.3, -0.25) is 0 Å². The standard InChI is InChI=1S/C15H13F3O2/c1-9-4-3-5-12(10(9)2)11-6-7-14(13(19)8-11)20-15(16,17)18/h3-8,19H,1-2H3. The Kier molecular flexibility index (Phi) is 3.61. The van der Waals surface area contributed by atoms with Gasteiger partial charge in [-0.1, -0.05) is 24.3 Å². The van der Waals surface area contributed by atoms with Gasteiger partial charge in [-0.15, -0.1) is 13.2 Å². The quantitative estimate of drug-likeness (QED) is 0.874. The zero-order chi connectivity index (χ0) is 14.9. The maximum atomic E-state index is 12.1. The SMILES string of the molecule is Cc1cccc(-c2ccc(OC(F)(F)F)c(O)c2)c1C. The minimum absolute atomic E-state index is 0.541. The Morgan fingerprint density at radius 2 is 1.75 bits per heavy atom. The van der Waals surface area contributed by atoms with Crippen molar-refractivity contribution in [2.24, 2.45) is 0 Å². The van der Waals surface area contributed by atoms with Gasteiger partial charge in [-0.25, -0.2) is 0 Å². The van der Waals surface area contributed by atoms with Crippen LogP contribution in [-0.2, 0) is 0 Å². The summed E-state index contributed by atoms with van der Waals surface area (Å²) >= 11 is 0. The van der Waals surface area contributed by atoms with E-state index >= 15 is 0 Å². The second-order valence-corrected chi connectivity index (χ2v) is 4.48. The monoisotopic (exact) mass is 282 g/mol. The van der Waals surface area contributed by atoms with Gasteiger partial charge in [0.25, 0.3) is 0 Å². The van der Waals surface area contributed by atoms with E-state index in [0.717, 1.165) is 22.8 Å². The normalized spacial score (nSPS) is 11.4. The number of rotatable bonds is 2. The smallest absolute Gasteiger partial charge is 0.504 e. The topological polar surface area (TPSA) is 29.5 Å². The summed E-state index contributed by atoms with van der Waals surface area (Å²) in [5.74, 6) is -1.15. The molecule has 0 unspecified atom stereocenters. The van der Waals surface area contributed by atoms with Gasteiger partial charge in [0.05, 0.1) is 0 Å². The minimum Gasteiger partial charge on any atom is -0.504 e. The molecule has 0 bridgehead atoms. The van der Waals surface area contributed by atoms with Crippen LogP contribution in [-0.4, -0.2) is 11.5 Å². The summed E-state index contributed by atoms with van der Waals surface area (Å²) in [4.78, 5) is 0. The predicted octanol–water partition coefficient (Wildman–Crippen LogP) is 4.57. The van der Waals surface area contributed by atoms with Crippen molar-refractivity contribution in [3.63, 3.8) is 0 Å². The van der Waals surface area contributed by atoms with Gasteiger partial charge in [-0.2, -0.15) is 0 Å². The number of ether oxygens (including phenoxy) is 1. The van der Waals surface area contributed by atoms with Crippen LogP contribution in [0.2, 0.25) is 0 Å². The number of halogens is 3. The van der Waals surface area contributed by atoms with Crippen LogP contribution in [0.1, 0.15) is 11.1 Å². The maximum Gasteiger partial charge on any atom is 0.573 e. The number of aromatic hydroxyl groups is 1. The van der Waals surface area contributed by atoms with Crippen molar-refractivity contribution in [2.75, 3.05) is 0 Å². The van der Waals surface area contributed by atoms with Crippen LogP contribution < -0.4 is 4.74 Å². The van der Waals surface area contributed by atoms with Crippen molar-refractivity contribution >= 4 is 0 Å². The lowest BCUT2D eigenvalue weighted by molar-refractivity contribution is -0.275. The summed E-state index contributed by atoms with van der Waals surface area (Å²) < 4.78 is 40.1. The summed E-state index contributed by atoms with van der Waals surface area (Å²) in [6.45, 7) is 3.86. The van der Waals surface area contributed by atoms with Crippen LogP contribution in [0.5, 0.6) is 11.5 Å². The van der Waals surface area contributed by atoms with Crippen LogP contribution in [0.15, 0.2) is 36.4 Å². The fourth-order valence-electron chi connectivity index (χ4n) is 1.96. The largest absolute Gasteiger partial charge is 0.573 e. The minimum atomic E-state index is -4.82. The first-order chi connectivity index (χ1) is 9.28. The number of alkyl halides is 3. The lowest BCUT2D eigenvalue weighted by Crippen LogP contribution is -2.17. The van der Waals surface area contributed by atoms with Gasteiger partial charge in [0.2, 0.25) is 0 Å². The van der Waals surface area contributed by atoms with Gasteiger partial charge in [0.1, 0.15) is 0 Å². The lowest BCUT2D eigenvalue weighted by atomic mass is 9.97. The van der Waals surface area contributed by atoms with Gasteiger partial charge in [0, 0.05) is 0 Å². The third-order valence-electron chi connectivity index (χ3n) is 3.10. The Bertz CT molecular complexity index is 634. The van der Waals surface area contributed by atoms with Crippen LogP contribution in [0.3, 0.4) is 0 Å². The van der Waals surface area contributed by atoms with Crippen molar-refractivity contribution in [3.8, 4) is 22.6 Å².